The molecule has 2 unspecified atom stereocenters. The summed E-state index contributed by atoms with van der Waals surface area (Å²) in [6.45, 7) is 0.996. The fourth-order valence-corrected chi connectivity index (χ4v) is 4.79. The molecule has 0 aliphatic rings. The maximum Gasteiger partial charge on any atom is 0.387 e. The van der Waals surface area contributed by atoms with Crippen molar-refractivity contribution in [1.29, 1.82) is 5.26 Å². The van der Waals surface area contributed by atoms with Crippen LogP contribution in [0.15, 0.2) is 34.8 Å². The van der Waals surface area contributed by atoms with E-state index in [1.165, 1.54) is 12.1 Å². The summed E-state index contributed by atoms with van der Waals surface area (Å²) in [6.07, 6.45) is 0.0579. The quantitative estimate of drug-likeness (QED) is 0.200. The first-order valence-corrected chi connectivity index (χ1v) is 12.8. The molecule has 15 heteroatoms. The number of hydrogen-bond donors (Lipinski definition) is 2. The maximum atomic E-state index is 14.4. The van der Waals surface area contributed by atoms with E-state index in [0.29, 0.717) is 4.47 Å². The molecule has 0 radical (unpaired) electrons. The Kier molecular flexibility index (Phi) is 10.6. The Bertz CT molecular complexity index is 1180. The second-order valence-corrected chi connectivity index (χ2v) is 11.8. The van der Waals surface area contributed by atoms with Crippen LogP contribution in [-0.2, 0) is 11.0 Å². The maximum absolute atomic E-state index is 14.4. The average Bonchev–Trinajstić information content (AvgIpc) is 2.74. The summed E-state index contributed by atoms with van der Waals surface area (Å²) in [5, 5.41) is 23.8. The third-order valence-corrected chi connectivity index (χ3v) is 7.34. The largest absolute Gasteiger partial charge is 0.435 e. The number of ether oxygens (including phenoxy) is 1. The molecule has 2 aromatic rings. The predicted molar refractivity (Wildman–Crippen MR) is 138 cm³/mol. The normalized spacial score (nSPS) is 13.1. The first-order valence-electron chi connectivity index (χ1n) is 10.5. The highest BCUT2D eigenvalue weighted by Crippen LogP contribution is 2.32. The van der Waals surface area contributed by atoms with E-state index in [2.05, 4.69) is 30.6 Å². The van der Waals surface area contributed by atoms with Crippen LogP contribution < -0.4 is 20.1 Å². The van der Waals surface area contributed by atoms with Gasteiger partial charge in [0.2, 0.25) is 5.82 Å². The van der Waals surface area contributed by atoms with Crippen LogP contribution in [0, 0.1) is 27.3 Å². The molecule has 0 saturated carbocycles. The number of anilines is 1. The molecule has 194 valence electrons. The number of hydrogen-bond acceptors (Lipinski definition) is 6. The van der Waals surface area contributed by atoms with Crippen LogP contribution in [0.2, 0.25) is 11.3 Å². The van der Waals surface area contributed by atoms with Crippen molar-refractivity contribution >= 4 is 62.2 Å². The molecule has 0 saturated heterocycles. The van der Waals surface area contributed by atoms with Crippen LogP contribution in [0.3, 0.4) is 0 Å². The van der Waals surface area contributed by atoms with E-state index >= 15 is 0 Å². The molecule has 0 aliphatic carbocycles. The second-order valence-electron chi connectivity index (χ2n) is 8.53. The van der Waals surface area contributed by atoms with Gasteiger partial charge in [-0.3, -0.25) is 10.1 Å². The SMILES string of the molecule is CC(C)(C)S(=O)NC(C#N)CCB(Nc1cc(Cl)cc(F)c1[N+](=O)[O-])c1c(Br)cccc1OC(F)F. The molecular formula is C21H22BBrClF3N4O4S. The third-order valence-electron chi connectivity index (χ3n) is 4.82. The second kappa shape index (κ2) is 12.8. The van der Waals surface area contributed by atoms with Crippen LogP contribution in [0.25, 0.3) is 0 Å². The van der Waals surface area contributed by atoms with Crippen LogP contribution >= 0.6 is 27.5 Å². The smallest absolute Gasteiger partial charge is 0.387 e. The summed E-state index contributed by atoms with van der Waals surface area (Å²) in [6, 6.07) is 7.28. The van der Waals surface area contributed by atoms with Crippen molar-refractivity contribution in [3.05, 3.63) is 55.8 Å². The van der Waals surface area contributed by atoms with Crippen LogP contribution in [0.1, 0.15) is 27.2 Å². The lowest BCUT2D eigenvalue weighted by atomic mass is 9.52. The minimum atomic E-state index is -3.17. The summed E-state index contributed by atoms with van der Waals surface area (Å²) >= 11 is 9.20. The van der Waals surface area contributed by atoms with Gasteiger partial charge in [-0.05, 0) is 57.8 Å². The van der Waals surface area contributed by atoms with E-state index in [1.807, 2.05) is 6.07 Å². The first kappa shape index (κ1) is 29.9. The lowest BCUT2D eigenvalue weighted by molar-refractivity contribution is -0.386. The lowest BCUT2D eigenvalue weighted by Crippen LogP contribution is -2.43. The Balaban J connectivity index is 2.52. The van der Waals surface area contributed by atoms with Gasteiger partial charge >= 0.3 is 12.3 Å². The van der Waals surface area contributed by atoms with Crippen molar-refractivity contribution in [3.63, 3.8) is 0 Å². The fraction of sp³-hybridized carbons (Fsp3) is 0.381. The molecule has 0 aliphatic heterocycles. The van der Waals surface area contributed by atoms with Gasteiger partial charge in [0.1, 0.15) is 17.5 Å². The average molecular weight is 610 g/mol. The highest BCUT2D eigenvalue weighted by molar-refractivity contribution is 9.10. The number of halogens is 5. The van der Waals surface area contributed by atoms with E-state index in [4.69, 9.17) is 11.6 Å². The molecular weight excluding hydrogens is 587 g/mol. The zero-order valence-corrected chi connectivity index (χ0v) is 22.5. The number of nitro groups is 1. The summed E-state index contributed by atoms with van der Waals surface area (Å²) in [5.41, 5.74) is -1.04. The van der Waals surface area contributed by atoms with Crippen molar-refractivity contribution in [2.75, 3.05) is 5.23 Å². The van der Waals surface area contributed by atoms with E-state index in [9.17, 15) is 32.8 Å². The number of rotatable bonds is 11. The predicted octanol–water partition coefficient (Wildman–Crippen LogP) is 5.40. The highest BCUT2D eigenvalue weighted by atomic mass is 79.9. The number of alkyl halides is 2. The Morgan fingerprint density at radius 3 is 2.58 bits per heavy atom. The Hall–Kier alpha value is -2.34. The van der Waals surface area contributed by atoms with Gasteiger partial charge in [0.25, 0.3) is 6.85 Å². The molecule has 2 aromatic carbocycles. The molecule has 0 spiro atoms. The molecule has 2 rings (SSSR count). The van der Waals surface area contributed by atoms with Crippen LogP contribution in [0.5, 0.6) is 5.75 Å². The van der Waals surface area contributed by atoms with Crippen molar-refractivity contribution in [2.24, 2.45) is 0 Å². The zero-order chi connectivity index (χ0) is 27.2. The molecule has 0 bridgehead atoms. The van der Waals surface area contributed by atoms with Gasteiger partial charge in [0.05, 0.1) is 26.7 Å². The fourth-order valence-electron chi connectivity index (χ4n) is 3.18. The van der Waals surface area contributed by atoms with E-state index in [1.54, 1.807) is 26.8 Å². The molecule has 0 heterocycles. The van der Waals surface area contributed by atoms with E-state index in [0.717, 1.165) is 12.1 Å². The number of benzene rings is 2. The first-order chi connectivity index (χ1) is 16.7. The highest BCUT2D eigenvalue weighted by Gasteiger charge is 2.31. The topological polar surface area (TPSA) is 117 Å². The zero-order valence-electron chi connectivity index (χ0n) is 19.4. The van der Waals surface area contributed by atoms with Crippen LogP contribution in [0.4, 0.5) is 24.5 Å². The standard InChI is InChI=1S/C21H22BBrClF3N4O4S/c1-21(2,3)36(34)30-13(11-28)7-8-22(18-14(23)5-4-6-17(18)35-20(26)27)29-16-10-12(24)9-15(25)19(16)31(32)33/h4-6,9-10,13,20,29-30H,7-8H2,1-3H3. The monoisotopic (exact) mass is 608 g/mol. The molecule has 36 heavy (non-hydrogen) atoms. The summed E-state index contributed by atoms with van der Waals surface area (Å²) < 4.78 is 60.1. The minimum absolute atomic E-state index is 0.0140. The number of nitriles is 1. The van der Waals surface area contributed by atoms with E-state index < -0.39 is 51.7 Å². The lowest BCUT2D eigenvalue weighted by Gasteiger charge is -2.24. The van der Waals surface area contributed by atoms with Gasteiger partial charge in [-0.15, -0.1) is 0 Å². The molecule has 0 aromatic heterocycles. The molecule has 8 nitrogen and oxygen atoms in total. The minimum Gasteiger partial charge on any atom is -0.435 e. The molecule has 2 atom stereocenters. The van der Waals surface area contributed by atoms with Crippen molar-refractivity contribution in [1.82, 2.24) is 4.72 Å². The third kappa shape index (κ3) is 8.09. The van der Waals surface area contributed by atoms with Gasteiger partial charge in [-0.1, -0.05) is 33.6 Å². The van der Waals surface area contributed by atoms with Gasteiger partial charge < -0.3 is 9.96 Å². The number of nitrogens with zero attached hydrogens (tertiary/aromatic N) is 2. The summed E-state index contributed by atoms with van der Waals surface area (Å²) in [5.74, 6) is -1.43. The summed E-state index contributed by atoms with van der Waals surface area (Å²) in [4.78, 5) is 10.6. The Morgan fingerprint density at radius 1 is 1.36 bits per heavy atom. The molecule has 0 fully saturated rings. The van der Waals surface area contributed by atoms with Crippen molar-refractivity contribution in [3.8, 4) is 11.8 Å². The number of nitro benzene ring substituents is 1. The Morgan fingerprint density at radius 2 is 2.03 bits per heavy atom. The number of nitrogens with one attached hydrogen (secondary N) is 2. The Labute approximate surface area is 222 Å². The van der Waals surface area contributed by atoms with E-state index in [-0.39, 0.29) is 34.7 Å². The van der Waals surface area contributed by atoms with Gasteiger partial charge in [0.15, 0.2) is 0 Å². The molecule has 2 N–H and O–H groups in total. The van der Waals surface area contributed by atoms with Crippen molar-refractivity contribution in [2.45, 2.75) is 50.9 Å². The molecule has 0 amide bonds. The van der Waals surface area contributed by atoms with Gasteiger partial charge in [0, 0.05) is 15.0 Å². The van der Waals surface area contributed by atoms with Crippen molar-refractivity contribution < 1.29 is 27.0 Å². The summed E-state index contributed by atoms with van der Waals surface area (Å²) in [7, 11) is -1.58. The van der Waals surface area contributed by atoms with Crippen LogP contribution in [-0.4, -0.2) is 33.4 Å². The van der Waals surface area contributed by atoms with Gasteiger partial charge in [-0.2, -0.15) is 18.4 Å². The van der Waals surface area contributed by atoms with Gasteiger partial charge in [-0.25, -0.2) is 8.93 Å².